The molecule has 1 spiro atoms. The van der Waals surface area contributed by atoms with Crippen LogP contribution in [0.2, 0.25) is 0 Å². The minimum absolute atomic E-state index is 0.397. The number of nitrogens with zero attached hydrogens (tertiary/aromatic N) is 1. The van der Waals surface area contributed by atoms with Crippen LogP contribution in [0.4, 0.5) is 11.4 Å². The Morgan fingerprint density at radius 3 is 2.00 bits per heavy atom. The molecule has 172 valence electrons. The van der Waals surface area contributed by atoms with Gasteiger partial charge in [0.05, 0.1) is 6.54 Å². The predicted molar refractivity (Wildman–Crippen MR) is 144 cm³/mol. The number of anilines is 2. The lowest BCUT2D eigenvalue weighted by Crippen LogP contribution is -2.47. The maximum Gasteiger partial charge on any atom is 0.135 e. The Bertz CT molecular complexity index is 1290. The largest absolute Gasteiger partial charge is 0.456 e. The first-order chi connectivity index (χ1) is 16.5. The number of rotatable bonds is 5. The number of benzene rings is 3. The van der Waals surface area contributed by atoms with E-state index in [0.717, 1.165) is 74.3 Å². The molecule has 0 radical (unpaired) electrons. The number of nitrogens with one attached hydrogen (secondary N) is 2. The van der Waals surface area contributed by atoms with Crippen molar-refractivity contribution in [2.75, 3.05) is 30.3 Å². The van der Waals surface area contributed by atoms with E-state index >= 15 is 0 Å². The van der Waals surface area contributed by atoms with Crippen molar-refractivity contribution in [2.24, 2.45) is 0 Å². The molecule has 2 N–H and O–H groups in total. The zero-order valence-electron chi connectivity index (χ0n) is 20.1. The fraction of sp³-hybridized carbons (Fsp3) is 0.276. The van der Waals surface area contributed by atoms with Gasteiger partial charge in [-0.1, -0.05) is 42.4 Å². The number of fused-ring (bicyclic) bond motifs is 6. The molecule has 0 fully saturated rings. The van der Waals surface area contributed by atoms with Crippen molar-refractivity contribution in [1.82, 2.24) is 4.90 Å². The average Bonchev–Trinajstić information content (AvgIpc) is 3.06. The molecule has 3 aromatic rings. The summed E-state index contributed by atoms with van der Waals surface area (Å²) in [6.45, 7) is 10.5. The van der Waals surface area contributed by atoms with Gasteiger partial charge in [0.15, 0.2) is 0 Å². The Labute approximate surface area is 207 Å². The van der Waals surface area contributed by atoms with Crippen LogP contribution in [-0.4, -0.2) is 29.5 Å². The van der Waals surface area contributed by atoms with Crippen molar-refractivity contribution in [3.8, 4) is 23.8 Å². The van der Waals surface area contributed by atoms with Crippen LogP contribution < -0.4 is 15.4 Å². The molecule has 0 aromatic heterocycles. The summed E-state index contributed by atoms with van der Waals surface area (Å²) >= 11 is 6.04. The van der Waals surface area contributed by atoms with Gasteiger partial charge in [-0.25, -0.2) is 0 Å². The third-order valence-electron chi connectivity index (χ3n) is 6.83. The molecule has 5 rings (SSSR count). The summed E-state index contributed by atoms with van der Waals surface area (Å²) in [6.07, 6.45) is 5.92. The molecule has 5 heteroatoms. The average molecular weight is 468 g/mol. The van der Waals surface area contributed by atoms with Gasteiger partial charge in [-0.05, 0) is 56.5 Å². The van der Waals surface area contributed by atoms with Crippen molar-refractivity contribution < 1.29 is 4.74 Å². The molecule has 34 heavy (non-hydrogen) atoms. The van der Waals surface area contributed by atoms with E-state index in [0.29, 0.717) is 6.54 Å². The second-order valence-corrected chi connectivity index (χ2v) is 9.23. The van der Waals surface area contributed by atoms with Gasteiger partial charge in [-0.3, -0.25) is 0 Å². The summed E-state index contributed by atoms with van der Waals surface area (Å²) in [5.41, 5.74) is 8.11. The van der Waals surface area contributed by atoms with Crippen molar-refractivity contribution in [1.29, 1.82) is 0 Å². The molecule has 0 unspecified atom stereocenters. The number of thiocarbonyl (C=S) groups is 1. The molecule has 0 saturated heterocycles. The van der Waals surface area contributed by atoms with E-state index in [1.165, 1.54) is 0 Å². The van der Waals surface area contributed by atoms with E-state index < -0.39 is 5.54 Å². The first kappa shape index (κ1) is 22.3. The lowest BCUT2D eigenvalue weighted by atomic mass is 9.73. The third-order valence-corrected chi connectivity index (χ3v) is 7.27. The highest BCUT2D eigenvalue weighted by Gasteiger charge is 2.54. The number of terminal acetylenes is 1. The summed E-state index contributed by atoms with van der Waals surface area (Å²) in [5.74, 6) is 4.52. The second-order valence-electron chi connectivity index (χ2n) is 8.84. The molecular weight excluding hydrogens is 438 g/mol. The molecule has 2 aliphatic heterocycles. The van der Waals surface area contributed by atoms with Crippen molar-refractivity contribution in [2.45, 2.75) is 33.2 Å². The van der Waals surface area contributed by atoms with Crippen LogP contribution in [-0.2, 0) is 5.54 Å². The van der Waals surface area contributed by atoms with Gasteiger partial charge in [-0.2, -0.15) is 0 Å². The molecule has 0 aliphatic carbocycles. The highest BCUT2D eigenvalue weighted by Crippen LogP contribution is 2.58. The van der Waals surface area contributed by atoms with Crippen molar-refractivity contribution >= 4 is 28.6 Å². The van der Waals surface area contributed by atoms with Gasteiger partial charge in [0.2, 0.25) is 0 Å². The van der Waals surface area contributed by atoms with E-state index in [1.807, 2.05) is 6.07 Å². The Balaban J connectivity index is 1.91. The molecule has 0 atom stereocenters. The third kappa shape index (κ3) is 3.02. The first-order valence-corrected chi connectivity index (χ1v) is 12.2. The van der Waals surface area contributed by atoms with Crippen molar-refractivity contribution in [3.63, 3.8) is 0 Å². The summed E-state index contributed by atoms with van der Waals surface area (Å²) in [4.78, 5) is 2.97. The van der Waals surface area contributed by atoms with Crippen LogP contribution in [0.5, 0.6) is 11.5 Å². The molecule has 0 saturated carbocycles. The van der Waals surface area contributed by atoms with Crippen LogP contribution in [0.3, 0.4) is 0 Å². The summed E-state index contributed by atoms with van der Waals surface area (Å²) in [6, 6.07) is 17.1. The fourth-order valence-electron chi connectivity index (χ4n) is 5.43. The molecule has 2 heterocycles. The van der Waals surface area contributed by atoms with Gasteiger partial charge < -0.3 is 20.3 Å². The van der Waals surface area contributed by atoms with Gasteiger partial charge in [0.1, 0.15) is 22.0 Å². The maximum absolute atomic E-state index is 6.62. The fourth-order valence-corrected chi connectivity index (χ4v) is 5.81. The summed E-state index contributed by atoms with van der Waals surface area (Å²) in [5, 5.41) is 6.94. The normalized spacial score (nSPS) is 14.7. The van der Waals surface area contributed by atoms with E-state index in [1.54, 1.807) is 0 Å². The summed E-state index contributed by atoms with van der Waals surface area (Å²) < 4.78 is 6.62. The van der Waals surface area contributed by atoms with Gasteiger partial charge in [-0.15, -0.1) is 6.42 Å². The SMILES string of the molecule is C#CCN1C(=S)c2ccccc2C12c1cc(C)c(NCC)cc1Oc1cc(NCC)c(C)cc12. The maximum atomic E-state index is 6.62. The van der Waals surface area contributed by atoms with E-state index in [9.17, 15) is 0 Å². The number of aryl methyl sites for hydroxylation is 2. The smallest absolute Gasteiger partial charge is 0.135 e. The van der Waals surface area contributed by atoms with Gasteiger partial charge in [0, 0.05) is 53.3 Å². The standard InChI is InChI=1S/C29H29N3OS/c1-6-13-32-28(34)20-11-9-10-12-21(20)29(32)22-14-18(4)24(30-7-2)16-26(22)33-27-17-25(31-8-3)19(5)15-23(27)29/h1,9-12,14-17,30-31H,7-8,13H2,2-5H3. The number of hydrogen-bond acceptors (Lipinski definition) is 4. The quantitative estimate of drug-likeness (QED) is 0.346. The van der Waals surface area contributed by atoms with E-state index in [2.05, 4.69) is 91.6 Å². The van der Waals surface area contributed by atoms with Crippen LogP contribution in [0.25, 0.3) is 0 Å². The molecule has 4 nitrogen and oxygen atoms in total. The lowest BCUT2D eigenvalue weighted by Gasteiger charge is -2.45. The summed E-state index contributed by atoms with van der Waals surface area (Å²) in [7, 11) is 0. The monoisotopic (exact) mass is 467 g/mol. The van der Waals surface area contributed by atoms with Crippen LogP contribution in [0, 0.1) is 26.2 Å². The Morgan fingerprint density at radius 2 is 1.47 bits per heavy atom. The Kier molecular flexibility index (Phi) is 5.50. The number of hydrogen-bond donors (Lipinski definition) is 2. The Morgan fingerprint density at radius 1 is 0.912 bits per heavy atom. The van der Waals surface area contributed by atoms with Crippen LogP contribution in [0.1, 0.15) is 47.2 Å². The topological polar surface area (TPSA) is 36.5 Å². The van der Waals surface area contributed by atoms with Gasteiger partial charge >= 0.3 is 0 Å². The molecule has 2 aliphatic rings. The van der Waals surface area contributed by atoms with Crippen LogP contribution >= 0.6 is 12.2 Å². The van der Waals surface area contributed by atoms with Gasteiger partial charge in [0.25, 0.3) is 0 Å². The molecule has 3 aromatic carbocycles. The Hall–Kier alpha value is -3.49. The highest BCUT2D eigenvalue weighted by atomic mass is 32.1. The minimum Gasteiger partial charge on any atom is -0.456 e. The predicted octanol–water partition coefficient (Wildman–Crippen LogP) is 6.19. The van der Waals surface area contributed by atoms with Crippen molar-refractivity contribution in [3.05, 3.63) is 81.9 Å². The van der Waals surface area contributed by atoms with E-state index in [4.69, 9.17) is 23.4 Å². The molecule has 0 bridgehead atoms. The van der Waals surface area contributed by atoms with E-state index in [-0.39, 0.29) is 0 Å². The lowest BCUT2D eigenvalue weighted by molar-refractivity contribution is 0.281. The number of ether oxygens (including phenoxy) is 1. The highest BCUT2D eigenvalue weighted by molar-refractivity contribution is 7.80. The second kappa shape index (κ2) is 8.38. The van der Waals surface area contributed by atoms with Crippen LogP contribution in [0.15, 0.2) is 48.5 Å². The first-order valence-electron chi connectivity index (χ1n) is 11.8. The molecular formula is C29H29N3OS. The molecule has 0 amide bonds. The zero-order chi connectivity index (χ0) is 24.0. The zero-order valence-corrected chi connectivity index (χ0v) is 20.9. The minimum atomic E-state index is -0.659.